The summed E-state index contributed by atoms with van der Waals surface area (Å²) in [4.78, 5) is 23.7. The van der Waals surface area contributed by atoms with Crippen molar-refractivity contribution in [3.8, 4) is 5.75 Å². The first kappa shape index (κ1) is 16.1. The number of rotatable bonds is 5. The van der Waals surface area contributed by atoms with Crippen LogP contribution in [0.15, 0.2) is 24.3 Å². The molecule has 2 rings (SSSR count). The third-order valence-corrected chi connectivity index (χ3v) is 3.40. The molecule has 1 aromatic carbocycles. The molecule has 5 nitrogen and oxygen atoms in total. The van der Waals surface area contributed by atoms with Gasteiger partial charge in [-0.1, -0.05) is 18.2 Å². The molecule has 8 heteroatoms. The van der Waals surface area contributed by atoms with Gasteiger partial charge in [0.25, 0.3) is 0 Å². The fourth-order valence-electron chi connectivity index (χ4n) is 2.38. The van der Waals surface area contributed by atoms with E-state index in [0.717, 1.165) is 4.90 Å². The van der Waals surface area contributed by atoms with E-state index in [1.54, 1.807) is 6.07 Å². The topological polar surface area (TPSA) is 66.8 Å². The first-order valence-corrected chi connectivity index (χ1v) is 6.50. The minimum Gasteiger partial charge on any atom is -0.480 e. The van der Waals surface area contributed by atoms with Gasteiger partial charge in [-0.2, -0.15) is 0 Å². The molecule has 0 bridgehead atoms. The van der Waals surface area contributed by atoms with Crippen LogP contribution >= 0.6 is 0 Å². The quantitative estimate of drug-likeness (QED) is 0.904. The number of nitrogens with zero attached hydrogens (tertiary/aromatic N) is 1. The van der Waals surface area contributed by atoms with Crippen molar-refractivity contribution in [3.63, 3.8) is 0 Å². The van der Waals surface area contributed by atoms with Gasteiger partial charge in [0.05, 0.1) is 0 Å². The van der Waals surface area contributed by atoms with Crippen LogP contribution in [0.2, 0.25) is 0 Å². The molecular formula is C14H14F3NO4. The number of aliphatic carboxylic acids is 1. The van der Waals surface area contributed by atoms with Crippen molar-refractivity contribution in [2.75, 3.05) is 13.6 Å². The lowest BCUT2D eigenvalue weighted by atomic mass is 10.1. The molecule has 0 aliphatic heterocycles. The summed E-state index contributed by atoms with van der Waals surface area (Å²) >= 11 is 0. The molecule has 1 aliphatic carbocycles. The third-order valence-electron chi connectivity index (χ3n) is 3.40. The zero-order valence-electron chi connectivity index (χ0n) is 11.6. The Morgan fingerprint density at radius 2 is 2.00 bits per heavy atom. The highest BCUT2D eigenvalue weighted by molar-refractivity contribution is 5.86. The van der Waals surface area contributed by atoms with Crippen LogP contribution in [0.5, 0.6) is 5.75 Å². The van der Waals surface area contributed by atoms with Gasteiger partial charge in [0, 0.05) is 13.0 Å². The van der Waals surface area contributed by atoms with Crippen molar-refractivity contribution < 1.29 is 32.6 Å². The second kappa shape index (κ2) is 5.86. The highest BCUT2D eigenvalue weighted by atomic mass is 19.4. The Kier molecular flexibility index (Phi) is 4.30. The van der Waals surface area contributed by atoms with Gasteiger partial charge in [-0.15, -0.1) is 13.2 Å². The monoisotopic (exact) mass is 317 g/mol. The van der Waals surface area contributed by atoms with Crippen LogP contribution in [0.1, 0.15) is 17.9 Å². The van der Waals surface area contributed by atoms with Gasteiger partial charge in [0.2, 0.25) is 5.91 Å². The standard InChI is InChI=1S/C14H14F3NO4/c1-18(7-12(19)20)13(21)10-6-9(10)8-4-2-3-5-11(8)22-14(15,16)17/h2-5,9-10H,6-7H2,1H3,(H,19,20)/t9-,10+/m0/s1. The molecule has 1 N–H and O–H groups in total. The van der Waals surface area contributed by atoms with Crippen LogP contribution in [0, 0.1) is 5.92 Å². The average Bonchev–Trinajstić information content (AvgIpc) is 3.15. The summed E-state index contributed by atoms with van der Waals surface area (Å²) in [6.07, 6.45) is -4.42. The number of carbonyl (C=O) groups is 2. The summed E-state index contributed by atoms with van der Waals surface area (Å²) in [5, 5.41) is 8.65. The largest absolute Gasteiger partial charge is 0.573 e. The number of amides is 1. The van der Waals surface area contributed by atoms with E-state index in [2.05, 4.69) is 4.74 Å². The molecule has 0 heterocycles. The molecule has 0 unspecified atom stereocenters. The van der Waals surface area contributed by atoms with E-state index >= 15 is 0 Å². The SMILES string of the molecule is CN(CC(=O)O)C(=O)[C@@H]1C[C@H]1c1ccccc1OC(F)(F)F. The third kappa shape index (κ3) is 3.90. The summed E-state index contributed by atoms with van der Waals surface area (Å²) in [6.45, 7) is -0.442. The molecule has 0 spiro atoms. The van der Waals surface area contributed by atoms with Crippen molar-refractivity contribution in [2.24, 2.45) is 5.92 Å². The summed E-state index contributed by atoms with van der Waals surface area (Å²) in [5.74, 6) is -2.76. The number of alkyl halides is 3. The number of carboxylic acids is 1. The first-order valence-electron chi connectivity index (χ1n) is 6.50. The Labute approximate surface area is 124 Å². The summed E-state index contributed by atoms with van der Waals surface area (Å²) in [7, 11) is 1.35. The Hall–Kier alpha value is -2.25. The lowest BCUT2D eigenvalue weighted by Gasteiger charge is -2.15. The molecule has 120 valence electrons. The number of ether oxygens (including phenoxy) is 1. The lowest BCUT2D eigenvalue weighted by Crippen LogP contribution is -2.33. The molecule has 0 saturated heterocycles. The highest BCUT2D eigenvalue weighted by Gasteiger charge is 2.47. The van der Waals surface area contributed by atoms with Gasteiger partial charge >= 0.3 is 12.3 Å². The minimum absolute atomic E-state index is 0.307. The fraction of sp³-hybridized carbons (Fsp3) is 0.429. The highest BCUT2D eigenvalue weighted by Crippen LogP contribution is 2.51. The maximum Gasteiger partial charge on any atom is 0.573 e. The van der Waals surface area contributed by atoms with Gasteiger partial charge in [-0.3, -0.25) is 9.59 Å². The number of carbonyl (C=O) groups excluding carboxylic acids is 1. The van der Waals surface area contributed by atoms with Gasteiger partial charge in [0.1, 0.15) is 12.3 Å². The number of likely N-dealkylation sites (N-methyl/N-ethyl adjacent to an activating group) is 1. The number of hydrogen-bond acceptors (Lipinski definition) is 3. The summed E-state index contributed by atoms with van der Waals surface area (Å²) < 4.78 is 41.1. The molecule has 1 amide bonds. The minimum atomic E-state index is -4.80. The van der Waals surface area contributed by atoms with Crippen LogP contribution in [-0.2, 0) is 9.59 Å². The Balaban J connectivity index is 2.09. The molecule has 1 aliphatic rings. The van der Waals surface area contributed by atoms with Crippen molar-refractivity contribution in [1.29, 1.82) is 0 Å². The average molecular weight is 317 g/mol. The number of halogens is 3. The molecule has 0 radical (unpaired) electrons. The van der Waals surface area contributed by atoms with Crippen LogP contribution in [-0.4, -0.2) is 41.8 Å². The molecule has 1 fully saturated rings. The summed E-state index contributed by atoms with van der Waals surface area (Å²) in [5.41, 5.74) is 0.307. The van der Waals surface area contributed by atoms with Crippen molar-refractivity contribution >= 4 is 11.9 Å². The van der Waals surface area contributed by atoms with Gasteiger partial charge < -0.3 is 14.7 Å². The van der Waals surface area contributed by atoms with Gasteiger partial charge in [0.15, 0.2) is 0 Å². The first-order chi connectivity index (χ1) is 10.2. The van der Waals surface area contributed by atoms with Crippen LogP contribution in [0.4, 0.5) is 13.2 Å². The summed E-state index contributed by atoms with van der Waals surface area (Å²) in [6, 6.07) is 5.67. The van der Waals surface area contributed by atoms with Crippen LogP contribution in [0.25, 0.3) is 0 Å². The normalized spacial score (nSPS) is 20.4. The number of carboxylic acid groups (broad SMARTS) is 1. The number of hydrogen-bond donors (Lipinski definition) is 1. The predicted octanol–water partition coefficient (Wildman–Crippen LogP) is 2.23. The number of para-hydroxylation sites is 1. The zero-order chi connectivity index (χ0) is 16.5. The molecular weight excluding hydrogens is 303 g/mol. The predicted molar refractivity (Wildman–Crippen MR) is 69.2 cm³/mol. The van der Waals surface area contributed by atoms with E-state index in [4.69, 9.17) is 5.11 Å². The van der Waals surface area contributed by atoms with Crippen molar-refractivity contribution in [3.05, 3.63) is 29.8 Å². The molecule has 1 aromatic rings. The maximum atomic E-state index is 12.4. The van der Waals surface area contributed by atoms with E-state index < -0.39 is 30.7 Å². The maximum absolute atomic E-state index is 12.4. The van der Waals surface area contributed by atoms with E-state index in [0.29, 0.717) is 12.0 Å². The fourth-order valence-corrected chi connectivity index (χ4v) is 2.38. The zero-order valence-corrected chi connectivity index (χ0v) is 11.6. The Bertz CT molecular complexity index is 588. The van der Waals surface area contributed by atoms with E-state index in [-0.39, 0.29) is 11.7 Å². The van der Waals surface area contributed by atoms with Gasteiger partial charge in [-0.05, 0) is 24.0 Å². The van der Waals surface area contributed by atoms with Crippen LogP contribution < -0.4 is 4.74 Å². The van der Waals surface area contributed by atoms with E-state index in [9.17, 15) is 22.8 Å². The van der Waals surface area contributed by atoms with E-state index in [1.165, 1.54) is 25.2 Å². The smallest absolute Gasteiger partial charge is 0.480 e. The van der Waals surface area contributed by atoms with Gasteiger partial charge in [-0.25, -0.2) is 0 Å². The molecule has 0 aromatic heterocycles. The second-order valence-corrected chi connectivity index (χ2v) is 5.12. The lowest BCUT2D eigenvalue weighted by molar-refractivity contribution is -0.274. The van der Waals surface area contributed by atoms with Crippen molar-refractivity contribution in [2.45, 2.75) is 18.7 Å². The van der Waals surface area contributed by atoms with Crippen molar-refractivity contribution in [1.82, 2.24) is 4.90 Å². The van der Waals surface area contributed by atoms with Crippen LogP contribution in [0.3, 0.4) is 0 Å². The molecule has 1 saturated carbocycles. The molecule has 2 atom stereocenters. The molecule has 22 heavy (non-hydrogen) atoms. The number of benzene rings is 1. The second-order valence-electron chi connectivity index (χ2n) is 5.12. The Morgan fingerprint density at radius 1 is 1.36 bits per heavy atom. The Morgan fingerprint density at radius 3 is 2.59 bits per heavy atom. The van der Waals surface area contributed by atoms with E-state index in [1.807, 2.05) is 0 Å².